The van der Waals surface area contributed by atoms with Crippen LogP contribution in [0.15, 0.2) is 36.8 Å². The highest BCUT2D eigenvalue weighted by Crippen LogP contribution is 2.12. The summed E-state index contributed by atoms with van der Waals surface area (Å²) in [6, 6.07) is 1.22. The molecule has 9 N–H and O–H groups in total. The fraction of sp³-hybridized carbons (Fsp3) is 0.440. The number of carbonyl (C=O) groups excluding carboxylic acids is 3. The summed E-state index contributed by atoms with van der Waals surface area (Å²) in [6.07, 6.45) is 1.96. The van der Waals surface area contributed by atoms with Crippen LogP contribution in [0, 0.1) is 5.92 Å². The van der Waals surface area contributed by atoms with Crippen LogP contribution in [0.25, 0.3) is 0 Å². The van der Waals surface area contributed by atoms with Crippen molar-refractivity contribution in [2.24, 2.45) is 11.7 Å². The number of hydrogen-bond acceptors (Lipinski definition) is 8. The molecule has 14 heteroatoms. The summed E-state index contributed by atoms with van der Waals surface area (Å²) in [5.74, 6) is -5.22. The number of carboxylic acids is 2. The Labute approximate surface area is 224 Å². The molecule has 0 saturated heterocycles. The van der Waals surface area contributed by atoms with Crippen molar-refractivity contribution in [1.82, 2.24) is 25.9 Å². The van der Waals surface area contributed by atoms with Crippen molar-refractivity contribution in [1.29, 1.82) is 0 Å². The van der Waals surface area contributed by atoms with Gasteiger partial charge in [-0.05, 0) is 36.5 Å². The Morgan fingerprint density at radius 1 is 0.923 bits per heavy atom. The molecule has 0 saturated carbocycles. The first-order valence-electron chi connectivity index (χ1n) is 12.2. The molecule has 0 radical (unpaired) electrons. The van der Waals surface area contributed by atoms with Crippen molar-refractivity contribution in [3.05, 3.63) is 48.0 Å². The fourth-order valence-corrected chi connectivity index (χ4v) is 3.66. The monoisotopic (exact) mass is 546 g/mol. The zero-order valence-electron chi connectivity index (χ0n) is 21.6. The molecule has 0 bridgehead atoms. The van der Waals surface area contributed by atoms with Crippen molar-refractivity contribution in [2.75, 3.05) is 0 Å². The van der Waals surface area contributed by atoms with E-state index in [0.29, 0.717) is 11.3 Å². The highest BCUT2D eigenvalue weighted by Gasteiger charge is 2.32. The lowest BCUT2D eigenvalue weighted by molar-refractivity contribution is -0.143. The van der Waals surface area contributed by atoms with Crippen LogP contribution in [0.1, 0.15) is 37.9 Å². The van der Waals surface area contributed by atoms with E-state index in [9.17, 15) is 34.2 Å². The van der Waals surface area contributed by atoms with Gasteiger partial charge in [-0.2, -0.15) is 0 Å². The Morgan fingerprint density at radius 3 is 2.10 bits per heavy atom. The summed E-state index contributed by atoms with van der Waals surface area (Å²) < 4.78 is 0. The predicted molar refractivity (Wildman–Crippen MR) is 137 cm³/mol. The second kappa shape index (κ2) is 14.5. The van der Waals surface area contributed by atoms with Gasteiger partial charge < -0.3 is 42.0 Å². The SMILES string of the molecule is CC(C)C(NC(=O)C(N)Cc1ccc(O)cc1)C(=O)NC(CCC(=O)O)C(=O)NC(Cc1cnc[nH]1)C(=O)O. The fourth-order valence-electron chi connectivity index (χ4n) is 3.66. The average Bonchev–Trinajstić information content (AvgIpc) is 3.38. The number of phenols is 1. The molecule has 1 aromatic heterocycles. The van der Waals surface area contributed by atoms with Crippen molar-refractivity contribution >= 4 is 29.7 Å². The minimum Gasteiger partial charge on any atom is -0.508 e. The molecule has 1 heterocycles. The normalized spacial score (nSPS) is 14.1. The summed E-state index contributed by atoms with van der Waals surface area (Å²) >= 11 is 0. The maximum atomic E-state index is 13.1. The van der Waals surface area contributed by atoms with E-state index in [1.807, 2.05) is 0 Å². The van der Waals surface area contributed by atoms with E-state index in [1.54, 1.807) is 26.0 Å². The van der Waals surface area contributed by atoms with Gasteiger partial charge >= 0.3 is 11.9 Å². The molecule has 4 unspecified atom stereocenters. The molecule has 4 atom stereocenters. The molecule has 2 rings (SSSR count). The number of nitrogens with zero attached hydrogens (tertiary/aromatic N) is 1. The minimum absolute atomic E-state index is 0.0609. The highest BCUT2D eigenvalue weighted by molar-refractivity contribution is 5.94. The van der Waals surface area contributed by atoms with Gasteiger partial charge in [-0.25, -0.2) is 9.78 Å². The molecule has 0 spiro atoms. The summed E-state index contributed by atoms with van der Waals surface area (Å²) in [7, 11) is 0. The Balaban J connectivity index is 2.10. The first-order chi connectivity index (χ1) is 18.4. The minimum atomic E-state index is -1.39. The van der Waals surface area contributed by atoms with Crippen molar-refractivity contribution in [3.63, 3.8) is 0 Å². The highest BCUT2D eigenvalue weighted by atomic mass is 16.4. The van der Waals surface area contributed by atoms with Crippen molar-refractivity contribution < 1.29 is 39.3 Å². The third-order valence-corrected chi connectivity index (χ3v) is 5.85. The second-order valence-electron chi connectivity index (χ2n) is 9.38. The molecule has 0 aliphatic rings. The van der Waals surface area contributed by atoms with Crippen molar-refractivity contribution in [2.45, 2.75) is 63.7 Å². The van der Waals surface area contributed by atoms with Gasteiger partial charge in [-0.15, -0.1) is 0 Å². The molecule has 39 heavy (non-hydrogen) atoms. The van der Waals surface area contributed by atoms with E-state index in [1.165, 1.54) is 24.7 Å². The maximum absolute atomic E-state index is 13.1. The number of carbonyl (C=O) groups is 5. The van der Waals surface area contributed by atoms with Gasteiger partial charge in [0.05, 0.1) is 12.4 Å². The van der Waals surface area contributed by atoms with Crippen LogP contribution in [0.3, 0.4) is 0 Å². The number of phenolic OH excluding ortho intramolecular Hbond substituents is 1. The van der Waals surface area contributed by atoms with E-state index in [2.05, 4.69) is 25.9 Å². The molecular weight excluding hydrogens is 512 g/mol. The third kappa shape index (κ3) is 10.1. The standard InChI is InChI=1S/C25H34N6O8/c1-13(2)21(31-22(35)17(26)9-14-3-5-16(32)6-4-14)24(37)29-18(7-8-20(33)34)23(36)30-19(25(38)39)10-15-11-27-12-28-15/h3-6,11-13,17-19,21,32H,7-10,26H2,1-2H3,(H,27,28)(H,29,37)(H,30,36)(H,31,35)(H,33,34)(H,38,39). The number of nitrogens with one attached hydrogen (secondary N) is 4. The Kier molecular flexibility index (Phi) is 11.4. The van der Waals surface area contributed by atoms with Crippen LogP contribution in [0.4, 0.5) is 0 Å². The number of aromatic hydroxyl groups is 1. The summed E-state index contributed by atoms with van der Waals surface area (Å²) in [5, 5.41) is 35.4. The van der Waals surface area contributed by atoms with Crippen LogP contribution in [-0.2, 0) is 36.8 Å². The molecule has 0 aliphatic heterocycles. The third-order valence-electron chi connectivity index (χ3n) is 5.85. The van der Waals surface area contributed by atoms with Crippen LogP contribution in [0.5, 0.6) is 5.75 Å². The summed E-state index contributed by atoms with van der Waals surface area (Å²) in [4.78, 5) is 68.2. The predicted octanol–water partition coefficient (Wildman–Crippen LogP) is -0.712. The first-order valence-corrected chi connectivity index (χ1v) is 12.2. The number of H-pyrrole nitrogens is 1. The topological polar surface area (TPSA) is 237 Å². The number of imidazole rings is 1. The van der Waals surface area contributed by atoms with Gasteiger partial charge in [0.15, 0.2) is 0 Å². The van der Waals surface area contributed by atoms with Crippen molar-refractivity contribution in [3.8, 4) is 5.75 Å². The van der Waals surface area contributed by atoms with Gasteiger partial charge in [0.2, 0.25) is 17.7 Å². The van der Waals surface area contributed by atoms with E-state index < -0.39 is 66.2 Å². The molecule has 212 valence electrons. The first kappa shape index (κ1) is 30.8. The lowest BCUT2D eigenvalue weighted by Crippen LogP contribution is -2.58. The largest absolute Gasteiger partial charge is 0.508 e. The lowest BCUT2D eigenvalue weighted by Gasteiger charge is -2.27. The van der Waals surface area contributed by atoms with Crippen LogP contribution >= 0.6 is 0 Å². The van der Waals surface area contributed by atoms with E-state index in [-0.39, 0.29) is 25.0 Å². The Bertz CT molecular complexity index is 1140. The van der Waals surface area contributed by atoms with E-state index in [0.717, 1.165) is 0 Å². The number of carboxylic acid groups (broad SMARTS) is 2. The molecule has 0 aliphatic carbocycles. The van der Waals surface area contributed by atoms with Gasteiger partial charge in [-0.1, -0.05) is 26.0 Å². The molecule has 3 amide bonds. The van der Waals surface area contributed by atoms with E-state index in [4.69, 9.17) is 10.8 Å². The molecule has 0 fully saturated rings. The number of aliphatic carboxylic acids is 2. The van der Waals surface area contributed by atoms with E-state index >= 15 is 0 Å². The Hall–Kier alpha value is -4.46. The van der Waals surface area contributed by atoms with Gasteiger partial charge in [0.25, 0.3) is 0 Å². The molecule has 1 aromatic carbocycles. The number of amides is 3. The summed E-state index contributed by atoms with van der Waals surface area (Å²) in [6.45, 7) is 3.32. The smallest absolute Gasteiger partial charge is 0.326 e. The van der Waals surface area contributed by atoms with Gasteiger partial charge in [0.1, 0.15) is 23.9 Å². The summed E-state index contributed by atoms with van der Waals surface area (Å²) in [5.41, 5.74) is 7.14. The number of aromatic nitrogens is 2. The van der Waals surface area contributed by atoms with Gasteiger partial charge in [0, 0.05) is 24.7 Å². The maximum Gasteiger partial charge on any atom is 0.326 e. The molecule has 14 nitrogen and oxygen atoms in total. The van der Waals surface area contributed by atoms with Crippen LogP contribution < -0.4 is 21.7 Å². The quantitative estimate of drug-likeness (QED) is 0.140. The number of nitrogens with two attached hydrogens (primary N) is 1. The number of hydrogen-bond donors (Lipinski definition) is 8. The second-order valence-corrected chi connectivity index (χ2v) is 9.38. The zero-order chi connectivity index (χ0) is 29.1. The lowest BCUT2D eigenvalue weighted by atomic mass is 10.00. The van der Waals surface area contributed by atoms with Gasteiger partial charge in [-0.3, -0.25) is 19.2 Å². The number of aromatic amines is 1. The molecular formula is C25H34N6O8. The number of benzene rings is 1. The Morgan fingerprint density at radius 2 is 1.56 bits per heavy atom. The van der Waals surface area contributed by atoms with Crippen LogP contribution in [0.2, 0.25) is 0 Å². The van der Waals surface area contributed by atoms with Crippen LogP contribution in [-0.4, -0.2) is 79.1 Å². The average molecular weight is 547 g/mol. The zero-order valence-corrected chi connectivity index (χ0v) is 21.6. The number of rotatable bonds is 15. The molecule has 2 aromatic rings.